The van der Waals surface area contributed by atoms with Crippen LogP contribution in [-0.4, -0.2) is 195 Å². The molecule has 1 N–H and O–H groups in total. The van der Waals surface area contributed by atoms with Crippen LogP contribution < -0.4 is 0 Å². The van der Waals surface area contributed by atoms with Gasteiger partial charge in [-0.3, -0.25) is 39.2 Å². The van der Waals surface area contributed by atoms with Gasteiger partial charge in [-0.15, -0.1) is 0 Å². The molecule has 8 aliphatic heterocycles. The molecule has 8 aliphatic rings. The van der Waals surface area contributed by atoms with Crippen LogP contribution in [0.2, 0.25) is 0 Å². The summed E-state index contributed by atoms with van der Waals surface area (Å²) in [5.74, 6) is -1.79. The predicted octanol–water partition coefficient (Wildman–Crippen LogP) is -0.323. The number of amides is 8. The van der Waals surface area contributed by atoms with Gasteiger partial charge < -0.3 is 33.9 Å². The number of unbranched alkanes of at least 4 members (excludes halogenated alkanes) is 2. The first kappa shape index (κ1) is 32.0. The molecule has 266 valence electrons. The van der Waals surface area contributed by atoms with Crippen LogP contribution in [0, 0.1) is 0 Å². The quantitative estimate of drug-likeness (QED) is 0.255. The average molecular weight is 679 g/mol. The van der Waals surface area contributed by atoms with Crippen LogP contribution in [0.1, 0.15) is 45.4 Å². The van der Waals surface area contributed by atoms with E-state index < -0.39 is 34.9 Å². The third-order valence-electron chi connectivity index (χ3n) is 12.0. The first-order valence-corrected chi connectivity index (χ1v) is 16.8. The van der Waals surface area contributed by atoms with E-state index in [1.807, 2.05) is 6.92 Å². The molecule has 8 rings (SSSR count). The number of likely N-dealkylation sites (N-methyl/N-ethyl adjacent to an activating group) is 2. The monoisotopic (exact) mass is 678 g/mol. The van der Waals surface area contributed by atoms with Crippen molar-refractivity contribution in [2.24, 2.45) is 0 Å². The van der Waals surface area contributed by atoms with Crippen LogP contribution in [0.5, 0.6) is 0 Å². The fourth-order valence-electron chi connectivity index (χ4n) is 9.39. The van der Waals surface area contributed by atoms with Crippen molar-refractivity contribution in [3.05, 3.63) is 0 Å². The van der Waals surface area contributed by atoms with Crippen LogP contribution in [0.3, 0.4) is 0 Å². The molecule has 0 aromatic heterocycles. The second-order valence-corrected chi connectivity index (χ2v) is 14.2. The highest BCUT2D eigenvalue weighted by molar-refractivity contribution is 5.89. The van der Waals surface area contributed by atoms with Gasteiger partial charge in [0.2, 0.25) is 0 Å². The molecule has 0 aromatic carbocycles. The van der Waals surface area contributed by atoms with Gasteiger partial charge in [-0.1, -0.05) is 0 Å². The second kappa shape index (κ2) is 11.2. The molecule has 19 nitrogen and oxygen atoms in total. The van der Waals surface area contributed by atoms with E-state index in [2.05, 4.69) is 23.9 Å². The molecule has 0 saturated carbocycles. The zero-order chi connectivity index (χ0) is 33.6. The van der Waals surface area contributed by atoms with Gasteiger partial charge in [-0.2, -0.15) is 0 Å². The third kappa shape index (κ3) is 3.83. The van der Waals surface area contributed by atoms with Gasteiger partial charge in [0, 0.05) is 13.1 Å². The zero-order valence-electron chi connectivity index (χ0n) is 27.9. The molecule has 0 aliphatic carbocycles. The van der Waals surface area contributed by atoms with Gasteiger partial charge in [0.15, 0.2) is 17.0 Å². The normalized spacial score (nSPS) is 35.0. The van der Waals surface area contributed by atoms with Crippen LogP contribution in [0.15, 0.2) is 0 Å². The molecule has 48 heavy (non-hydrogen) atoms. The highest BCUT2D eigenvalue weighted by Gasteiger charge is 2.81. The Morgan fingerprint density at radius 2 is 0.854 bits per heavy atom. The molecular weight excluding hydrogens is 632 g/mol. The van der Waals surface area contributed by atoms with Crippen molar-refractivity contribution in [1.29, 1.82) is 0 Å². The number of urea groups is 4. The van der Waals surface area contributed by atoms with Crippen LogP contribution in [0.4, 0.5) is 19.2 Å². The molecule has 8 heterocycles. The summed E-state index contributed by atoms with van der Waals surface area (Å²) >= 11 is 0. The molecule has 0 bridgehead atoms. The SMILES string of the molecule is CN(CCCCC12N3COCN1C(=O)N1COCN(C3=O)C12C)CCN(C)CCCCC12N3COCN1C(=O)N1COCN(C3=O)C12O. The first-order chi connectivity index (χ1) is 23.0. The maximum Gasteiger partial charge on any atom is 0.329 e. The Labute approximate surface area is 278 Å². The Kier molecular flexibility index (Phi) is 7.45. The number of carbonyl (C=O) groups excluding carboxylic acids is 4. The summed E-state index contributed by atoms with van der Waals surface area (Å²) < 4.78 is 22.3. The van der Waals surface area contributed by atoms with Crippen molar-refractivity contribution in [3.8, 4) is 0 Å². The van der Waals surface area contributed by atoms with Crippen molar-refractivity contribution < 1.29 is 43.2 Å². The lowest BCUT2D eigenvalue weighted by molar-refractivity contribution is -0.292. The summed E-state index contributed by atoms with van der Waals surface area (Å²) in [5, 5.41) is 11.9. The number of nitrogens with zero attached hydrogens (tertiary/aromatic N) is 10. The number of carbonyl (C=O) groups is 4. The van der Waals surface area contributed by atoms with E-state index in [-0.39, 0.29) is 65.9 Å². The first-order valence-electron chi connectivity index (χ1n) is 16.8. The fraction of sp³-hybridized carbons (Fsp3) is 0.862. The summed E-state index contributed by atoms with van der Waals surface area (Å²) in [5.41, 5.74) is -2.80. The van der Waals surface area contributed by atoms with E-state index >= 15 is 0 Å². The molecule has 0 atom stereocenters. The number of hydrogen-bond donors (Lipinski definition) is 1. The average Bonchev–Trinajstić information content (AvgIpc) is 3.59. The summed E-state index contributed by atoms with van der Waals surface area (Å²) in [7, 11) is 4.19. The van der Waals surface area contributed by atoms with E-state index in [0.717, 1.165) is 45.4 Å². The summed E-state index contributed by atoms with van der Waals surface area (Å²) in [4.78, 5) is 69.8. The minimum absolute atomic E-state index is 0.00876. The van der Waals surface area contributed by atoms with E-state index in [1.54, 1.807) is 19.6 Å². The molecule has 0 unspecified atom stereocenters. The molecule has 0 aromatic rings. The van der Waals surface area contributed by atoms with E-state index in [0.29, 0.717) is 19.3 Å². The molecule has 0 spiro atoms. The van der Waals surface area contributed by atoms with E-state index in [1.165, 1.54) is 19.6 Å². The second-order valence-electron chi connectivity index (χ2n) is 14.2. The molecular formula is C29H46N10O9. The number of hydrogen-bond acceptors (Lipinski definition) is 11. The number of ether oxygens (including phenoxy) is 4. The van der Waals surface area contributed by atoms with Gasteiger partial charge in [-0.25, -0.2) is 19.2 Å². The highest BCUT2D eigenvalue weighted by Crippen LogP contribution is 2.56. The van der Waals surface area contributed by atoms with Crippen LogP contribution >= 0.6 is 0 Å². The topological polar surface area (TPSA) is 158 Å². The van der Waals surface area contributed by atoms with Crippen molar-refractivity contribution in [2.75, 3.05) is 94.1 Å². The zero-order valence-corrected chi connectivity index (χ0v) is 27.9. The van der Waals surface area contributed by atoms with Crippen LogP contribution in [0.25, 0.3) is 0 Å². The third-order valence-corrected chi connectivity index (χ3v) is 12.0. The van der Waals surface area contributed by atoms with Gasteiger partial charge in [-0.05, 0) is 72.6 Å². The van der Waals surface area contributed by atoms with E-state index in [9.17, 15) is 24.3 Å². The largest absolute Gasteiger partial charge is 0.350 e. The smallest absolute Gasteiger partial charge is 0.329 e. The summed E-state index contributed by atoms with van der Waals surface area (Å²) in [6, 6.07) is -1.13. The molecule has 8 saturated heterocycles. The van der Waals surface area contributed by atoms with Gasteiger partial charge >= 0.3 is 24.1 Å². The minimum atomic E-state index is -1.79. The Morgan fingerprint density at radius 1 is 0.521 bits per heavy atom. The van der Waals surface area contributed by atoms with Gasteiger partial charge in [0.1, 0.15) is 53.8 Å². The van der Waals surface area contributed by atoms with Crippen molar-refractivity contribution in [2.45, 2.75) is 68.3 Å². The Hall–Kier alpha value is -3.20. The lowest BCUT2D eigenvalue weighted by Gasteiger charge is -2.50. The summed E-state index contributed by atoms with van der Waals surface area (Å²) in [6.45, 7) is 5.89. The predicted molar refractivity (Wildman–Crippen MR) is 161 cm³/mol. The van der Waals surface area contributed by atoms with Gasteiger partial charge in [0.05, 0.1) is 0 Å². The van der Waals surface area contributed by atoms with E-state index in [4.69, 9.17) is 18.9 Å². The number of aliphatic hydroxyl groups is 1. The Balaban J connectivity index is 0.808. The lowest BCUT2D eigenvalue weighted by Crippen LogP contribution is -2.71. The molecule has 0 radical (unpaired) electrons. The fourth-order valence-corrected chi connectivity index (χ4v) is 9.39. The summed E-state index contributed by atoms with van der Waals surface area (Å²) in [6.07, 6.45) is 4.36. The van der Waals surface area contributed by atoms with Crippen molar-refractivity contribution in [1.82, 2.24) is 49.0 Å². The molecule has 8 amide bonds. The van der Waals surface area contributed by atoms with Crippen LogP contribution in [-0.2, 0) is 18.9 Å². The molecule has 19 heteroatoms. The Bertz CT molecular complexity index is 1210. The lowest BCUT2D eigenvalue weighted by atomic mass is 9.87. The highest BCUT2D eigenvalue weighted by atomic mass is 16.6. The minimum Gasteiger partial charge on any atom is -0.350 e. The standard InChI is InChI=1S/C29H46N10O9/c1-26-27(34-16-46-17-35(27)23(41)33(26)15-45-14-32(26)22(34)40)8-4-6-10-30(2)12-13-31(3)11-7-5-9-28-29(44)38-20-48-21-39(29)25(43)37(28)19-47-18-36(28)24(38)42/h44H,4-21H2,1-3H3. The molecule has 8 fully saturated rings. The van der Waals surface area contributed by atoms with Gasteiger partial charge in [0.25, 0.3) is 5.85 Å². The maximum absolute atomic E-state index is 13.3. The van der Waals surface area contributed by atoms with Crippen molar-refractivity contribution in [3.63, 3.8) is 0 Å². The van der Waals surface area contributed by atoms with Crippen molar-refractivity contribution >= 4 is 24.1 Å². The number of rotatable bonds is 13. The maximum atomic E-state index is 13.3. The Morgan fingerprint density at radius 3 is 1.29 bits per heavy atom.